The van der Waals surface area contributed by atoms with Gasteiger partial charge in [0.1, 0.15) is 0 Å². The Labute approximate surface area is 233 Å². The van der Waals surface area contributed by atoms with Crippen LogP contribution in [0.1, 0.15) is 11.1 Å². The number of nitrogens with zero attached hydrogens (tertiary/aromatic N) is 4. The number of hydrogen-bond donors (Lipinski definition) is 5. The second kappa shape index (κ2) is 12.8. The summed E-state index contributed by atoms with van der Waals surface area (Å²) in [5.41, 5.74) is 8.18. The molecule has 1 heterocycles. The van der Waals surface area contributed by atoms with Crippen LogP contribution in [0.2, 0.25) is 10.0 Å². The van der Waals surface area contributed by atoms with E-state index >= 15 is 0 Å². The van der Waals surface area contributed by atoms with Crippen molar-refractivity contribution < 1.29 is 4.92 Å². The highest BCUT2D eigenvalue weighted by molar-refractivity contribution is 7.80. The second-order valence-electron chi connectivity index (χ2n) is 7.77. The normalized spacial score (nSPS) is 10.4. The first-order valence-electron chi connectivity index (χ1n) is 11.1. The predicted molar refractivity (Wildman–Crippen MR) is 153 cm³/mol. The van der Waals surface area contributed by atoms with E-state index < -0.39 is 4.92 Å². The summed E-state index contributed by atoms with van der Waals surface area (Å²) in [7, 11) is 0. The van der Waals surface area contributed by atoms with Crippen molar-refractivity contribution in [3.63, 3.8) is 0 Å². The summed E-state index contributed by atoms with van der Waals surface area (Å²) in [6, 6.07) is 20.7. The molecule has 0 saturated heterocycles. The number of hydrogen-bond acceptors (Lipinski definition) is 9. The zero-order valence-electron chi connectivity index (χ0n) is 19.6. The van der Waals surface area contributed by atoms with E-state index in [0.29, 0.717) is 40.7 Å². The topological polar surface area (TPSA) is 142 Å². The van der Waals surface area contributed by atoms with Crippen molar-refractivity contribution in [3.8, 4) is 0 Å². The van der Waals surface area contributed by atoms with Crippen LogP contribution in [0, 0.1) is 10.1 Å². The van der Waals surface area contributed by atoms with Gasteiger partial charge < -0.3 is 16.0 Å². The molecule has 0 aliphatic carbocycles. The molecule has 0 aliphatic rings. The lowest BCUT2D eigenvalue weighted by Gasteiger charge is -2.14. The van der Waals surface area contributed by atoms with Crippen LogP contribution in [0.15, 0.2) is 72.8 Å². The third-order valence-corrected chi connectivity index (χ3v) is 5.70. The summed E-state index contributed by atoms with van der Waals surface area (Å²) < 4.78 is 0. The van der Waals surface area contributed by atoms with Gasteiger partial charge in [0.2, 0.25) is 17.8 Å². The smallest absolute Gasteiger partial charge is 0.269 e. The van der Waals surface area contributed by atoms with Crippen LogP contribution >= 0.6 is 35.4 Å². The molecule has 0 unspecified atom stereocenters. The Morgan fingerprint density at radius 3 is 1.71 bits per heavy atom. The minimum atomic E-state index is -0.472. The summed E-state index contributed by atoms with van der Waals surface area (Å²) in [5, 5.41) is 21.6. The van der Waals surface area contributed by atoms with Crippen molar-refractivity contribution in [2.75, 3.05) is 21.4 Å². The molecule has 0 bridgehead atoms. The monoisotopic (exact) mass is 569 g/mol. The number of benzene rings is 3. The average Bonchev–Trinajstić information content (AvgIpc) is 2.91. The Bertz CT molecular complexity index is 1340. The molecular formula is C24H21Cl2N9O2S. The van der Waals surface area contributed by atoms with Gasteiger partial charge in [0, 0.05) is 41.0 Å². The van der Waals surface area contributed by atoms with Crippen LogP contribution in [0.25, 0.3) is 0 Å². The first-order valence-corrected chi connectivity index (χ1v) is 12.3. The molecule has 0 aliphatic heterocycles. The third kappa shape index (κ3) is 8.13. The fraction of sp³-hybridized carbons (Fsp3) is 0.0833. The molecule has 5 N–H and O–H groups in total. The number of halogens is 2. The summed E-state index contributed by atoms with van der Waals surface area (Å²) in [6.07, 6.45) is 0. The quantitative estimate of drug-likeness (QED) is 0.0921. The number of non-ortho nitro benzene ring substituents is 1. The molecule has 0 spiro atoms. The Morgan fingerprint density at radius 1 is 0.763 bits per heavy atom. The molecule has 1 aromatic heterocycles. The van der Waals surface area contributed by atoms with Crippen molar-refractivity contribution in [1.82, 2.24) is 20.4 Å². The van der Waals surface area contributed by atoms with Gasteiger partial charge in [0.05, 0.1) is 4.92 Å². The van der Waals surface area contributed by atoms with Crippen molar-refractivity contribution in [2.24, 2.45) is 0 Å². The van der Waals surface area contributed by atoms with Gasteiger partial charge >= 0.3 is 0 Å². The maximum Gasteiger partial charge on any atom is 0.269 e. The van der Waals surface area contributed by atoms with Crippen molar-refractivity contribution >= 4 is 69.8 Å². The molecule has 14 heteroatoms. The molecule has 0 atom stereocenters. The number of anilines is 4. The Morgan fingerprint density at radius 2 is 1.24 bits per heavy atom. The predicted octanol–water partition coefficient (Wildman–Crippen LogP) is 5.62. The summed E-state index contributed by atoms with van der Waals surface area (Å²) in [6.45, 7) is 0.926. The number of thiocarbonyl (C=S) groups is 1. The van der Waals surface area contributed by atoms with Crippen molar-refractivity contribution in [2.45, 2.75) is 13.1 Å². The van der Waals surface area contributed by atoms with Crippen molar-refractivity contribution in [3.05, 3.63) is 104 Å². The van der Waals surface area contributed by atoms with Crippen LogP contribution in [0.4, 0.5) is 29.2 Å². The van der Waals surface area contributed by atoms with Gasteiger partial charge in [-0.15, -0.1) is 0 Å². The average molecular weight is 570 g/mol. The van der Waals surface area contributed by atoms with Crippen LogP contribution in [-0.4, -0.2) is 25.0 Å². The Hall–Kier alpha value is -4.26. The molecule has 0 radical (unpaired) electrons. The van der Waals surface area contributed by atoms with Gasteiger partial charge in [-0.3, -0.25) is 21.0 Å². The molecule has 4 aromatic rings. The zero-order valence-corrected chi connectivity index (χ0v) is 21.9. The molecule has 0 amide bonds. The lowest BCUT2D eigenvalue weighted by Crippen LogP contribution is -2.34. The van der Waals surface area contributed by atoms with Crippen LogP contribution in [-0.2, 0) is 13.1 Å². The van der Waals surface area contributed by atoms with Gasteiger partial charge in [0.25, 0.3) is 5.69 Å². The van der Waals surface area contributed by atoms with Crippen LogP contribution in [0.5, 0.6) is 0 Å². The largest absolute Gasteiger partial charge is 0.350 e. The van der Waals surface area contributed by atoms with Gasteiger partial charge in [0.15, 0.2) is 5.11 Å². The van der Waals surface area contributed by atoms with Crippen LogP contribution < -0.4 is 26.8 Å². The minimum absolute atomic E-state index is 0.0185. The zero-order chi connectivity index (χ0) is 26.9. The summed E-state index contributed by atoms with van der Waals surface area (Å²) in [5.74, 6) is 0.851. The molecule has 3 aromatic carbocycles. The lowest BCUT2D eigenvalue weighted by molar-refractivity contribution is -0.384. The number of rotatable bonds is 10. The standard InChI is InChI=1S/C24H21Cl2N9O2S/c25-17-5-1-15(2-6-17)13-27-21-30-22(28-14-16-3-7-18(26)8-4-16)32-23(31-21)33-34-24(38)29-19-9-11-20(12-10-19)35(36)37/h1-12H,13-14H2,(H2,29,34,38)(H3,27,28,30,31,32,33). The van der Waals surface area contributed by atoms with E-state index in [0.717, 1.165) is 11.1 Å². The minimum Gasteiger partial charge on any atom is -0.350 e. The van der Waals surface area contributed by atoms with E-state index in [9.17, 15) is 10.1 Å². The Kier molecular flexibility index (Phi) is 9.03. The number of nitro groups is 1. The van der Waals surface area contributed by atoms with Gasteiger partial charge in [-0.25, -0.2) is 0 Å². The maximum absolute atomic E-state index is 10.8. The number of nitrogens with one attached hydrogen (secondary N) is 5. The lowest BCUT2D eigenvalue weighted by atomic mass is 10.2. The van der Waals surface area contributed by atoms with Crippen LogP contribution in [0.3, 0.4) is 0 Å². The van der Waals surface area contributed by atoms with Crippen molar-refractivity contribution in [1.29, 1.82) is 0 Å². The Balaban J connectivity index is 1.42. The molecule has 4 rings (SSSR count). The first kappa shape index (κ1) is 26.8. The van der Waals surface area contributed by atoms with Gasteiger partial charge in [-0.1, -0.05) is 47.5 Å². The fourth-order valence-electron chi connectivity index (χ4n) is 3.10. The molecule has 0 saturated carbocycles. The maximum atomic E-state index is 10.8. The van der Waals surface area contributed by atoms with E-state index in [2.05, 4.69) is 41.8 Å². The number of hydrazine groups is 1. The third-order valence-electron chi connectivity index (χ3n) is 4.99. The summed E-state index contributed by atoms with van der Waals surface area (Å²) in [4.78, 5) is 23.6. The van der Waals surface area contributed by atoms with E-state index in [4.69, 9.17) is 35.4 Å². The molecule has 11 nitrogen and oxygen atoms in total. The first-order chi connectivity index (χ1) is 18.3. The molecule has 38 heavy (non-hydrogen) atoms. The highest BCUT2D eigenvalue weighted by Gasteiger charge is 2.09. The second-order valence-corrected chi connectivity index (χ2v) is 9.06. The van der Waals surface area contributed by atoms with Gasteiger partial charge in [-0.05, 0) is 59.7 Å². The molecular weight excluding hydrogens is 549 g/mol. The van der Waals surface area contributed by atoms with E-state index in [1.165, 1.54) is 12.1 Å². The van der Waals surface area contributed by atoms with E-state index in [1.807, 2.05) is 24.3 Å². The molecule has 0 fully saturated rings. The van der Waals surface area contributed by atoms with E-state index in [1.54, 1.807) is 36.4 Å². The summed E-state index contributed by atoms with van der Waals surface area (Å²) >= 11 is 17.2. The fourth-order valence-corrected chi connectivity index (χ4v) is 3.52. The van der Waals surface area contributed by atoms with Gasteiger partial charge in [-0.2, -0.15) is 15.0 Å². The molecule has 194 valence electrons. The number of nitro benzene ring substituents is 1. The number of aromatic nitrogens is 3. The highest BCUT2D eigenvalue weighted by atomic mass is 35.5. The van der Waals surface area contributed by atoms with E-state index in [-0.39, 0.29) is 16.7 Å². The highest BCUT2D eigenvalue weighted by Crippen LogP contribution is 2.16. The SMILES string of the molecule is O=[N+]([O-])c1ccc(NC(=S)NNc2nc(NCc3ccc(Cl)cc3)nc(NCc3ccc(Cl)cc3)n2)cc1.